The molecular weight excluding hydrogens is 284 g/mol. The Morgan fingerprint density at radius 1 is 1.05 bits per heavy atom. The van der Waals surface area contributed by atoms with Crippen molar-refractivity contribution in [2.24, 2.45) is 0 Å². The zero-order valence-corrected chi connectivity index (χ0v) is 12.5. The Bertz CT molecular complexity index is 651. The van der Waals surface area contributed by atoms with Crippen molar-refractivity contribution in [2.75, 3.05) is 13.7 Å². The Balaban J connectivity index is 2.23. The average Bonchev–Trinajstić information content (AvgIpc) is 2.54. The summed E-state index contributed by atoms with van der Waals surface area (Å²) in [6.07, 6.45) is 0. The molecule has 0 aliphatic rings. The van der Waals surface area contributed by atoms with Gasteiger partial charge >= 0.3 is 5.97 Å². The van der Waals surface area contributed by atoms with E-state index < -0.39 is 5.97 Å². The second kappa shape index (κ2) is 7.36. The highest BCUT2D eigenvalue weighted by Crippen LogP contribution is 2.28. The summed E-state index contributed by atoms with van der Waals surface area (Å²) in [5.74, 6) is 0.840. The number of rotatable bonds is 7. The first-order chi connectivity index (χ1) is 10.7. The van der Waals surface area contributed by atoms with Crippen molar-refractivity contribution in [2.45, 2.75) is 13.5 Å². The normalized spacial score (nSPS) is 10.1. The van der Waals surface area contributed by atoms with E-state index in [2.05, 4.69) is 0 Å². The number of para-hydroxylation sites is 2. The van der Waals surface area contributed by atoms with Crippen molar-refractivity contribution in [3.63, 3.8) is 0 Å². The fraction of sp³-hybridized carbons (Fsp3) is 0.235. The molecule has 0 amide bonds. The lowest BCUT2D eigenvalue weighted by atomic mass is 10.1. The van der Waals surface area contributed by atoms with Gasteiger partial charge in [0.25, 0.3) is 0 Å². The average molecular weight is 302 g/mol. The van der Waals surface area contributed by atoms with Gasteiger partial charge in [-0.25, -0.2) is 4.79 Å². The van der Waals surface area contributed by atoms with Crippen LogP contribution in [0.1, 0.15) is 22.8 Å². The number of carboxylic acid groups (broad SMARTS) is 1. The lowest BCUT2D eigenvalue weighted by Gasteiger charge is -2.14. The standard InChI is InChI=1S/C17H18O5/c1-3-21-14-9-8-12(17(18)19)10-13(14)11-22-16-7-5-4-6-15(16)20-2/h4-10H,3,11H2,1-2H3,(H,18,19). The van der Waals surface area contributed by atoms with Gasteiger partial charge in [-0.3, -0.25) is 0 Å². The van der Waals surface area contributed by atoms with Gasteiger partial charge in [0.05, 0.1) is 19.3 Å². The summed E-state index contributed by atoms with van der Waals surface area (Å²) in [6.45, 7) is 2.56. The highest BCUT2D eigenvalue weighted by molar-refractivity contribution is 5.88. The van der Waals surface area contributed by atoms with E-state index >= 15 is 0 Å². The predicted octanol–water partition coefficient (Wildman–Crippen LogP) is 3.37. The predicted molar refractivity (Wildman–Crippen MR) is 81.9 cm³/mol. The van der Waals surface area contributed by atoms with Crippen LogP contribution in [0.25, 0.3) is 0 Å². The van der Waals surface area contributed by atoms with Crippen LogP contribution in [0.5, 0.6) is 17.2 Å². The molecule has 2 rings (SSSR count). The van der Waals surface area contributed by atoms with Crippen LogP contribution in [0.2, 0.25) is 0 Å². The summed E-state index contributed by atoms with van der Waals surface area (Å²) >= 11 is 0. The van der Waals surface area contributed by atoms with Gasteiger partial charge in [-0.15, -0.1) is 0 Å². The van der Waals surface area contributed by atoms with Gasteiger partial charge in [-0.1, -0.05) is 12.1 Å². The number of ether oxygens (including phenoxy) is 3. The van der Waals surface area contributed by atoms with Crippen LogP contribution in [0.4, 0.5) is 0 Å². The lowest BCUT2D eigenvalue weighted by molar-refractivity contribution is 0.0696. The fourth-order valence-electron chi connectivity index (χ4n) is 2.02. The summed E-state index contributed by atoms with van der Waals surface area (Å²) < 4.78 is 16.5. The quantitative estimate of drug-likeness (QED) is 0.849. The summed E-state index contributed by atoms with van der Waals surface area (Å²) in [5.41, 5.74) is 0.870. The van der Waals surface area contributed by atoms with Gasteiger partial charge in [-0.05, 0) is 37.3 Å². The minimum Gasteiger partial charge on any atom is -0.493 e. The zero-order valence-electron chi connectivity index (χ0n) is 12.5. The second-order valence-corrected chi connectivity index (χ2v) is 4.50. The first kappa shape index (κ1) is 15.7. The summed E-state index contributed by atoms with van der Waals surface area (Å²) in [5, 5.41) is 9.10. The van der Waals surface area contributed by atoms with Crippen LogP contribution >= 0.6 is 0 Å². The Morgan fingerprint density at radius 3 is 2.41 bits per heavy atom. The minimum absolute atomic E-state index is 0.191. The molecule has 22 heavy (non-hydrogen) atoms. The maximum Gasteiger partial charge on any atom is 0.335 e. The molecule has 0 atom stereocenters. The maximum atomic E-state index is 11.1. The molecule has 0 fully saturated rings. The van der Waals surface area contributed by atoms with Crippen LogP contribution in [-0.2, 0) is 6.61 Å². The number of methoxy groups -OCH3 is 1. The molecule has 0 radical (unpaired) electrons. The number of hydrogen-bond donors (Lipinski definition) is 1. The highest BCUT2D eigenvalue weighted by atomic mass is 16.5. The fourth-order valence-corrected chi connectivity index (χ4v) is 2.02. The molecule has 0 aliphatic carbocycles. The molecule has 116 valence electrons. The van der Waals surface area contributed by atoms with Gasteiger partial charge in [-0.2, -0.15) is 0 Å². The van der Waals surface area contributed by atoms with Crippen molar-refractivity contribution in [3.05, 3.63) is 53.6 Å². The van der Waals surface area contributed by atoms with Crippen molar-refractivity contribution in [1.82, 2.24) is 0 Å². The first-order valence-electron chi connectivity index (χ1n) is 6.90. The monoisotopic (exact) mass is 302 g/mol. The van der Waals surface area contributed by atoms with E-state index in [4.69, 9.17) is 19.3 Å². The summed E-state index contributed by atoms with van der Waals surface area (Å²) in [7, 11) is 1.57. The number of carbonyl (C=O) groups is 1. The van der Waals surface area contributed by atoms with Crippen LogP contribution in [0, 0.1) is 0 Å². The van der Waals surface area contributed by atoms with E-state index in [9.17, 15) is 4.79 Å². The van der Waals surface area contributed by atoms with Gasteiger partial charge in [0, 0.05) is 5.56 Å². The Kier molecular flexibility index (Phi) is 5.25. The van der Waals surface area contributed by atoms with Crippen molar-refractivity contribution >= 4 is 5.97 Å². The highest BCUT2D eigenvalue weighted by Gasteiger charge is 2.11. The number of carboxylic acids is 1. The van der Waals surface area contributed by atoms with Crippen molar-refractivity contribution in [3.8, 4) is 17.2 Å². The largest absolute Gasteiger partial charge is 0.493 e. The van der Waals surface area contributed by atoms with E-state index in [0.717, 1.165) is 0 Å². The number of benzene rings is 2. The summed E-state index contributed by atoms with van der Waals surface area (Å²) in [6, 6.07) is 12.0. The Labute approximate surface area is 129 Å². The molecule has 1 N–H and O–H groups in total. The SMILES string of the molecule is CCOc1ccc(C(=O)O)cc1COc1ccccc1OC. The molecule has 0 saturated carbocycles. The molecule has 0 heterocycles. The van der Waals surface area contributed by atoms with Crippen LogP contribution in [-0.4, -0.2) is 24.8 Å². The third-order valence-electron chi connectivity index (χ3n) is 3.06. The molecule has 2 aromatic rings. The molecular formula is C17H18O5. The van der Waals surface area contributed by atoms with E-state index in [0.29, 0.717) is 29.4 Å². The zero-order chi connectivity index (χ0) is 15.9. The molecule has 5 heteroatoms. The Hall–Kier alpha value is -2.69. The molecule has 0 aliphatic heterocycles. The maximum absolute atomic E-state index is 11.1. The Morgan fingerprint density at radius 2 is 1.77 bits per heavy atom. The molecule has 2 aromatic carbocycles. The number of aromatic carboxylic acids is 1. The lowest BCUT2D eigenvalue weighted by Crippen LogP contribution is -2.05. The molecule has 0 aromatic heterocycles. The van der Waals surface area contributed by atoms with Gasteiger partial charge < -0.3 is 19.3 Å². The van der Waals surface area contributed by atoms with Crippen LogP contribution in [0.15, 0.2) is 42.5 Å². The summed E-state index contributed by atoms with van der Waals surface area (Å²) in [4.78, 5) is 11.1. The smallest absolute Gasteiger partial charge is 0.335 e. The van der Waals surface area contributed by atoms with Crippen LogP contribution < -0.4 is 14.2 Å². The van der Waals surface area contributed by atoms with Gasteiger partial charge in [0.2, 0.25) is 0 Å². The van der Waals surface area contributed by atoms with Crippen molar-refractivity contribution < 1.29 is 24.1 Å². The third-order valence-corrected chi connectivity index (χ3v) is 3.06. The molecule has 0 bridgehead atoms. The van der Waals surface area contributed by atoms with E-state index in [-0.39, 0.29) is 12.2 Å². The van der Waals surface area contributed by atoms with Crippen molar-refractivity contribution in [1.29, 1.82) is 0 Å². The topological polar surface area (TPSA) is 65.0 Å². The molecule has 0 unspecified atom stereocenters. The van der Waals surface area contributed by atoms with Gasteiger partial charge in [0.1, 0.15) is 12.4 Å². The number of hydrogen-bond acceptors (Lipinski definition) is 4. The molecule has 5 nitrogen and oxygen atoms in total. The van der Waals surface area contributed by atoms with Crippen LogP contribution in [0.3, 0.4) is 0 Å². The minimum atomic E-state index is -0.985. The second-order valence-electron chi connectivity index (χ2n) is 4.50. The first-order valence-corrected chi connectivity index (χ1v) is 6.90. The molecule has 0 spiro atoms. The van der Waals surface area contributed by atoms with Gasteiger partial charge in [0.15, 0.2) is 11.5 Å². The third kappa shape index (κ3) is 3.69. The van der Waals surface area contributed by atoms with E-state index in [1.54, 1.807) is 31.4 Å². The molecule has 0 saturated heterocycles. The van der Waals surface area contributed by atoms with E-state index in [1.165, 1.54) is 6.07 Å². The van der Waals surface area contributed by atoms with E-state index in [1.807, 2.05) is 19.1 Å².